The summed E-state index contributed by atoms with van der Waals surface area (Å²) in [7, 11) is 3.55. The number of hydrogen-bond donors (Lipinski definition) is 2. The van der Waals surface area contributed by atoms with Gasteiger partial charge in [-0.3, -0.25) is 0 Å². The molecule has 1 fully saturated rings. The first kappa shape index (κ1) is 13.7. The van der Waals surface area contributed by atoms with Crippen LogP contribution in [-0.2, 0) is 0 Å². The minimum Gasteiger partial charge on any atom is -0.497 e. The lowest BCUT2D eigenvalue weighted by atomic mass is 10.2. The summed E-state index contributed by atoms with van der Waals surface area (Å²) in [6, 6.07) is 7.88. The molecule has 0 radical (unpaired) electrons. The Morgan fingerprint density at radius 1 is 1.14 bits per heavy atom. The summed E-state index contributed by atoms with van der Waals surface area (Å²) >= 11 is 0. The van der Waals surface area contributed by atoms with Crippen LogP contribution < -0.4 is 15.4 Å². The topological polar surface area (TPSA) is 59.1 Å². The number of ether oxygens (including phenoxy) is 1. The highest BCUT2D eigenvalue weighted by Gasteiger charge is 2.27. The molecule has 0 spiro atoms. The number of nitrogens with zero attached hydrogens (tertiary/aromatic N) is 2. The van der Waals surface area contributed by atoms with Gasteiger partial charge < -0.3 is 15.4 Å². The molecule has 1 heterocycles. The number of aromatic nitrogens is 2. The van der Waals surface area contributed by atoms with Gasteiger partial charge in [0.15, 0.2) is 0 Å². The van der Waals surface area contributed by atoms with Gasteiger partial charge >= 0.3 is 0 Å². The van der Waals surface area contributed by atoms with Gasteiger partial charge in [-0.2, -0.15) is 0 Å². The smallest absolute Gasteiger partial charge is 0.136 e. The largest absolute Gasteiger partial charge is 0.497 e. The Morgan fingerprint density at radius 3 is 2.52 bits per heavy atom. The molecular formula is C16H20N4O. The zero-order valence-electron chi connectivity index (χ0n) is 12.6. The fourth-order valence-electron chi connectivity index (χ4n) is 2.22. The molecule has 0 atom stereocenters. The van der Waals surface area contributed by atoms with Gasteiger partial charge in [-0.1, -0.05) is 0 Å². The third-order valence-corrected chi connectivity index (χ3v) is 3.64. The molecular weight excluding hydrogens is 264 g/mol. The Morgan fingerprint density at radius 2 is 1.90 bits per heavy atom. The van der Waals surface area contributed by atoms with Crippen molar-refractivity contribution < 1.29 is 4.74 Å². The molecule has 2 N–H and O–H groups in total. The number of aryl methyl sites for hydroxylation is 1. The van der Waals surface area contributed by atoms with E-state index in [1.807, 2.05) is 38.2 Å². The van der Waals surface area contributed by atoms with Crippen LogP contribution in [0.25, 0.3) is 0 Å². The number of methoxy groups -OCH3 is 1. The van der Waals surface area contributed by atoms with Crippen molar-refractivity contribution in [2.75, 3.05) is 24.8 Å². The Hall–Kier alpha value is -2.30. The maximum atomic E-state index is 5.23. The van der Waals surface area contributed by atoms with Crippen molar-refractivity contribution >= 4 is 17.3 Å². The van der Waals surface area contributed by atoms with Crippen LogP contribution in [-0.4, -0.2) is 24.1 Å². The van der Waals surface area contributed by atoms with Gasteiger partial charge in [-0.15, -0.1) is 0 Å². The molecule has 110 valence electrons. The Labute approximate surface area is 124 Å². The van der Waals surface area contributed by atoms with Gasteiger partial charge in [0.05, 0.1) is 7.11 Å². The molecule has 1 aliphatic carbocycles. The van der Waals surface area contributed by atoms with Gasteiger partial charge in [0.2, 0.25) is 0 Å². The molecule has 0 aliphatic heterocycles. The van der Waals surface area contributed by atoms with Crippen molar-refractivity contribution in [2.45, 2.75) is 25.7 Å². The standard InChI is InChI=1S/C16H20N4O/c1-10-8-12(21-3)6-7-13(10)18-15-9-14(17-2)19-16(20-15)11-4-5-11/h6-9,11H,4-5H2,1-3H3,(H2,17,18,19,20). The first-order valence-electron chi connectivity index (χ1n) is 7.18. The lowest BCUT2D eigenvalue weighted by molar-refractivity contribution is 0.414. The Kier molecular flexibility index (Phi) is 3.64. The summed E-state index contributed by atoms with van der Waals surface area (Å²) in [5, 5.41) is 6.47. The number of benzene rings is 1. The van der Waals surface area contributed by atoms with Crippen LogP contribution in [0, 0.1) is 6.92 Å². The summed E-state index contributed by atoms with van der Waals surface area (Å²) < 4.78 is 5.23. The molecule has 1 aliphatic rings. The van der Waals surface area contributed by atoms with E-state index in [1.165, 1.54) is 12.8 Å². The van der Waals surface area contributed by atoms with Gasteiger partial charge in [0, 0.05) is 24.7 Å². The fraction of sp³-hybridized carbons (Fsp3) is 0.375. The molecule has 0 amide bonds. The third-order valence-electron chi connectivity index (χ3n) is 3.64. The van der Waals surface area contributed by atoms with E-state index < -0.39 is 0 Å². The maximum absolute atomic E-state index is 5.23. The van der Waals surface area contributed by atoms with Crippen molar-refractivity contribution in [1.82, 2.24) is 9.97 Å². The second kappa shape index (κ2) is 5.60. The molecule has 1 aromatic carbocycles. The predicted molar refractivity (Wildman–Crippen MR) is 84.6 cm³/mol. The molecule has 5 heteroatoms. The van der Waals surface area contributed by atoms with Crippen molar-refractivity contribution in [2.24, 2.45) is 0 Å². The fourth-order valence-corrected chi connectivity index (χ4v) is 2.22. The van der Waals surface area contributed by atoms with Crippen LogP contribution in [0.1, 0.15) is 30.1 Å². The van der Waals surface area contributed by atoms with Crippen molar-refractivity contribution in [1.29, 1.82) is 0 Å². The molecule has 0 unspecified atom stereocenters. The van der Waals surface area contributed by atoms with Crippen LogP contribution in [0.4, 0.5) is 17.3 Å². The predicted octanol–water partition coefficient (Wildman–Crippen LogP) is 3.46. The highest BCUT2D eigenvalue weighted by Crippen LogP contribution is 2.39. The van der Waals surface area contributed by atoms with Crippen LogP contribution in [0.3, 0.4) is 0 Å². The molecule has 0 bridgehead atoms. The summed E-state index contributed by atoms with van der Waals surface area (Å²) in [4.78, 5) is 9.15. The van der Waals surface area contributed by atoms with Crippen LogP contribution in [0.2, 0.25) is 0 Å². The normalized spacial score (nSPS) is 13.9. The van der Waals surface area contributed by atoms with E-state index >= 15 is 0 Å². The average molecular weight is 284 g/mol. The summed E-state index contributed by atoms with van der Waals surface area (Å²) in [5.41, 5.74) is 2.14. The first-order valence-corrected chi connectivity index (χ1v) is 7.18. The van der Waals surface area contributed by atoms with Gasteiger partial charge in [0.25, 0.3) is 0 Å². The quantitative estimate of drug-likeness (QED) is 0.880. The Balaban J connectivity index is 1.88. The minimum absolute atomic E-state index is 0.524. The minimum atomic E-state index is 0.524. The third kappa shape index (κ3) is 3.07. The summed E-state index contributed by atoms with van der Waals surface area (Å²) in [5.74, 6) is 3.98. The number of nitrogens with one attached hydrogen (secondary N) is 2. The molecule has 2 aromatic rings. The van der Waals surface area contributed by atoms with E-state index in [-0.39, 0.29) is 0 Å². The lowest BCUT2D eigenvalue weighted by Gasteiger charge is -2.12. The van der Waals surface area contributed by atoms with E-state index in [0.29, 0.717) is 5.92 Å². The van der Waals surface area contributed by atoms with Crippen molar-refractivity contribution in [3.05, 3.63) is 35.7 Å². The van der Waals surface area contributed by atoms with Crippen LogP contribution in [0.5, 0.6) is 5.75 Å². The van der Waals surface area contributed by atoms with E-state index in [9.17, 15) is 0 Å². The first-order chi connectivity index (χ1) is 10.2. The number of hydrogen-bond acceptors (Lipinski definition) is 5. The monoisotopic (exact) mass is 284 g/mol. The molecule has 1 saturated carbocycles. The average Bonchev–Trinajstić information content (AvgIpc) is 3.33. The van der Waals surface area contributed by atoms with Crippen LogP contribution >= 0.6 is 0 Å². The SMILES string of the molecule is CNc1cc(Nc2ccc(OC)cc2C)nc(C2CC2)n1. The highest BCUT2D eigenvalue weighted by molar-refractivity contribution is 5.63. The van der Waals surface area contributed by atoms with Crippen molar-refractivity contribution in [3.8, 4) is 5.75 Å². The molecule has 0 saturated heterocycles. The molecule has 3 rings (SSSR count). The zero-order chi connectivity index (χ0) is 14.8. The zero-order valence-corrected chi connectivity index (χ0v) is 12.6. The van der Waals surface area contributed by atoms with E-state index in [2.05, 4.69) is 20.6 Å². The molecule has 5 nitrogen and oxygen atoms in total. The van der Waals surface area contributed by atoms with E-state index in [0.717, 1.165) is 34.5 Å². The van der Waals surface area contributed by atoms with Gasteiger partial charge in [-0.05, 0) is 43.5 Å². The summed E-state index contributed by atoms with van der Waals surface area (Å²) in [6.45, 7) is 2.05. The Bertz CT molecular complexity index is 653. The van der Waals surface area contributed by atoms with Gasteiger partial charge in [0.1, 0.15) is 23.2 Å². The van der Waals surface area contributed by atoms with Crippen LogP contribution in [0.15, 0.2) is 24.3 Å². The second-order valence-corrected chi connectivity index (χ2v) is 5.33. The number of anilines is 3. The molecule has 1 aromatic heterocycles. The van der Waals surface area contributed by atoms with Gasteiger partial charge in [-0.25, -0.2) is 9.97 Å². The number of rotatable bonds is 5. The molecule has 21 heavy (non-hydrogen) atoms. The van der Waals surface area contributed by atoms with E-state index in [1.54, 1.807) is 7.11 Å². The maximum Gasteiger partial charge on any atom is 0.136 e. The van der Waals surface area contributed by atoms with Crippen molar-refractivity contribution in [3.63, 3.8) is 0 Å². The van der Waals surface area contributed by atoms with E-state index in [4.69, 9.17) is 4.74 Å². The summed E-state index contributed by atoms with van der Waals surface area (Å²) in [6.07, 6.45) is 2.38. The second-order valence-electron chi connectivity index (χ2n) is 5.33. The highest BCUT2D eigenvalue weighted by atomic mass is 16.5. The lowest BCUT2D eigenvalue weighted by Crippen LogP contribution is -2.03.